The lowest BCUT2D eigenvalue weighted by molar-refractivity contribution is -0.125. The second-order valence-electron chi connectivity index (χ2n) is 8.54. The van der Waals surface area contributed by atoms with Crippen molar-refractivity contribution in [2.24, 2.45) is 11.8 Å². The summed E-state index contributed by atoms with van der Waals surface area (Å²) >= 11 is 0. The molecule has 1 fully saturated rings. The maximum Gasteiger partial charge on any atom is 0.253 e. The molecule has 6 heteroatoms. The Balaban J connectivity index is 1.91. The first kappa shape index (κ1) is 22.7. The van der Waals surface area contributed by atoms with Gasteiger partial charge < -0.3 is 19.7 Å². The van der Waals surface area contributed by atoms with Crippen molar-refractivity contribution in [2.45, 2.75) is 26.7 Å². The molecule has 1 N–H and O–H groups in total. The Labute approximate surface area is 184 Å². The van der Waals surface area contributed by atoms with E-state index in [1.54, 1.807) is 19.1 Å². The summed E-state index contributed by atoms with van der Waals surface area (Å²) < 4.78 is 10.9. The van der Waals surface area contributed by atoms with E-state index in [-0.39, 0.29) is 23.7 Å². The molecule has 3 rings (SSSR count). The second kappa shape index (κ2) is 9.86. The Kier molecular flexibility index (Phi) is 7.21. The van der Waals surface area contributed by atoms with Gasteiger partial charge in [-0.1, -0.05) is 37.6 Å². The molecule has 6 nitrogen and oxygen atoms in total. The van der Waals surface area contributed by atoms with Crippen LogP contribution in [0.3, 0.4) is 0 Å². The number of carbonyl (C=O) groups is 2. The first-order chi connectivity index (χ1) is 14.8. The highest BCUT2D eigenvalue weighted by atomic mass is 16.5. The van der Waals surface area contributed by atoms with Crippen LogP contribution in [0.1, 0.15) is 41.3 Å². The highest BCUT2D eigenvalue weighted by Gasteiger charge is 2.41. The first-order valence-corrected chi connectivity index (χ1v) is 10.7. The predicted molar refractivity (Wildman–Crippen MR) is 121 cm³/mol. The summed E-state index contributed by atoms with van der Waals surface area (Å²) in [5, 5.41) is 3.05. The number of carbonyl (C=O) groups excluding carboxylic acids is 2. The maximum atomic E-state index is 13.2. The van der Waals surface area contributed by atoms with Crippen molar-refractivity contribution >= 4 is 11.8 Å². The van der Waals surface area contributed by atoms with Crippen molar-refractivity contribution in [1.82, 2.24) is 10.2 Å². The number of hydrogen-bond acceptors (Lipinski definition) is 4. The molecule has 2 amide bonds. The van der Waals surface area contributed by atoms with Gasteiger partial charge in [0, 0.05) is 42.7 Å². The molecule has 0 spiro atoms. The van der Waals surface area contributed by atoms with E-state index in [9.17, 15) is 9.59 Å². The van der Waals surface area contributed by atoms with E-state index in [0.29, 0.717) is 42.6 Å². The average molecular weight is 425 g/mol. The highest BCUT2D eigenvalue weighted by Crippen LogP contribution is 2.39. The minimum absolute atomic E-state index is 0.0317. The number of rotatable bonds is 7. The van der Waals surface area contributed by atoms with Crippen LogP contribution in [-0.4, -0.2) is 50.6 Å². The van der Waals surface area contributed by atoms with E-state index in [1.807, 2.05) is 49.4 Å². The van der Waals surface area contributed by atoms with Crippen molar-refractivity contribution in [3.05, 3.63) is 59.2 Å². The molecule has 0 aromatic heterocycles. The van der Waals surface area contributed by atoms with Gasteiger partial charge in [0.1, 0.15) is 11.5 Å². The Morgan fingerprint density at radius 2 is 1.77 bits per heavy atom. The lowest BCUT2D eigenvalue weighted by Crippen LogP contribution is -2.37. The van der Waals surface area contributed by atoms with Crippen LogP contribution in [0.15, 0.2) is 42.5 Å². The van der Waals surface area contributed by atoms with Crippen LogP contribution in [-0.2, 0) is 4.79 Å². The van der Waals surface area contributed by atoms with Gasteiger partial charge in [0.2, 0.25) is 5.91 Å². The van der Waals surface area contributed by atoms with Crippen LogP contribution in [0.2, 0.25) is 0 Å². The zero-order chi connectivity index (χ0) is 22.5. The molecule has 2 aromatic carbocycles. The van der Waals surface area contributed by atoms with Gasteiger partial charge in [-0.05, 0) is 31.0 Å². The number of methoxy groups -OCH3 is 2. The van der Waals surface area contributed by atoms with Gasteiger partial charge in [-0.2, -0.15) is 0 Å². The van der Waals surface area contributed by atoms with Crippen LogP contribution >= 0.6 is 0 Å². The average Bonchev–Trinajstić information content (AvgIpc) is 3.22. The lowest BCUT2D eigenvalue weighted by atomic mass is 9.87. The fourth-order valence-corrected chi connectivity index (χ4v) is 3.99. The molecule has 1 aliphatic rings. The first-order valence-electron chi connectivity index (χ1n) is 10.7. The van der Waals surface area contributed by atoms with E-state index in [1.165, 1.54) is 0 Å². The maximum absolute atomic E-state index is 13.2. The number of aryl methyl sites for hydroxylation is 1. The molecule has 0 bridgehead atoms. The molecule has 0 unspecified atom stereocenters. The van der Waals surface area contributed by atoms with Crippen molar-refractivity contribution in [2.75, 3.05) is 33.9 Å². The van der Waals surface area contributed by atoms with Crippen LogP contribution < -0.4 is 14.8 Å². The van der Waals surface area contributed by atoms with Crippen LogP contribution in [0.5, 0.6) is 11.5 Å². The topological polar surface area (TPSA) is 67.9 Å². The van der Waals surface area contributed by atoms with Gasteiger partial charge in [0.25, 0.3) is 5.91 Å². The fourth-order valence-electron chi connectivity index (χ4n) is 3.99. The van der Waals surface area contributed by atoms with Gasteiger partial charge in [0.15, 0.2) is 0 Å². The van der Waals surface area contributed by atoms with Crippen LogP contribution in [0, 0.1) is 18.8 Å². The molecule has 166 valence electrons. The molecule has 31 heavy (non-hydrogen) atoms. The van der Waals surface area contributed by atoms with Crippen molar-refractivity contribution in [1.29, 1.82) is 0 Å². The van der Waals surface area contributed by atoms with Gasteiger partial charge in [-0.15, -0.1) is 0 Å². The highest BCUT2D eigenvalue weighted by molar-refractivity contribution is 5.95. The van der Waals surface area contributed by atoms with Crippen LogP contribution in [0.25, 0.3) is 0 Å². The number of benzene rings is 2. The SMILES string of the molecule is COc1ccc([C@@H]2CN(C(=O)c3ccc(C)cc3)C[C@@H]2C(=O)NCC(C)C)c(OC)c1. The standard InChI is InChI=1S/C25H32N2O4/c1-16(2)13-26-24(28)22-15-27(25(29)18-8-6-17(3)7-9-18)14-21(22)20-11-10-19(30-4)12-23(20)31-5/h6-12,16,21-22H,13-15H2,1-5H3,(H,26,28)/t21-,22-/m0/s1. The number of nitrogens with zero attached hydrogens (tertiary/aromatic N) is 1. The third kappa shape index (κ3) is 5.19. The van der Waals surface area contributed by atoms with Gasteiger partial charge in [0.05, 0.1) is 20.1 Å². The minimum atomic E-state index is -0.351. The zero-order valence-corrected chi connectivity index (χ0v) is 19.0. The summed E-state index contributed by atoms with van der Waals surface area (Å²) in [7, 11) is 3.21. The summed E-state index contributed by atoms with van der Waals surface area (Å²) in [5.41, 5.74) is 2.64. The van der Waals surface area contributed by atoms with Crippen LogP contribution in [0.4, 0.5) is 0 Å². The lowest BCUT2D eigenvalue weighted by Gasteiger charge is -2.21. The molecule has 1 aliphatic heterocycles. The quantitative estimate of drug-likeness (QED) is 0.737. The zero-order valence-electron chi connectivity index (χ0n) is 19.0. The summed E-state index contributed by atoms with van der Waals surface area (Å²) in [5.74, 6) is 1.09. The van der Waals surface area contributed by atoms with E-state index < -0.39 is 0 Å². The Morgan fingerprint density at radius 1 is 1.06 bits per heavy atom. The van der Waals surface area contributed by atoms with Crippen molar-refractivity contribution in [3.8, 4) is 11.5 Å². The second-order valence-corrected chi connectivity index (χ2v) is 8.54. The normalized spacial score (nSPS) is 18.2. The molecule has 0 aliphatic carbocycles. The summed E-state index contributed by atoms with van der Waals surface area (Å²) in [6.07, 6.45) is 0. The smallest absolute Gasteiger partial charge is 0.253 e. The van der Waals surface area contributed by atoms with E-state index in [0.717, 1.165) is 11.1 Å². The third-order valence-electron chi connectivity index (χ3n) is 5.77. The Bertz CT molecular complexity index is 924. The van der Waals surface area contributed by atoms with Crippen molar-refractivity contribution in [3.63, 3.8) is 0 Å². The minimum Gasteiger partial charge on any atom is -0.497 e. The molecule has 1 heterocycles. The molecule has 2 atom stereocenters. The predicted octanol–water partition coefficient (Wildman–Crippen LogP) is 3.64. The van der Waals surface area contributed by atoms with E-state index >= 15 is 0 Å². The monoisotopic (exact) mass is 424 g/mol. The number of ether oxygens (including phenoxy) is 2. The molecular formula is C25H32N2O4. The summed E-state index contributed by atoms with van der Waals surface area (Å²) in [6, 6.07) is 13.2. The van der Waals surface area contributed by atoms with Gasteiger partial charge in [-0.3, -0.25) is 9.59 Å². The Morgan fingerprint density at radius 3 is 2.39 bits per heavy atom. The molecule has 2 aromatic rings. The Hall–Kier alpha value is -3.02. The largest absolute Gasteiger partial charge is 0.497 e. The van der Waals surface area contributed by atoms with Gasteiger partial charge >= 0.3 is 0 Å². The molecule has 0 saturated carbocycles. The number of amides is 2. The molecular weight excluding hydrogens is 392 g/mol. The number of likely N-dealkylation sites (tertiary alicyclic amines) is 1. The van der Waals surface area contributed by atoms with E-state index in [4.69, 9.17) is 9.47 Å². The fraction of sp³-hybridized carbons (Fsp3) is 0.440. The summed E-state index contributed by atoms with van der Waals surface area (Å²) in [4.78, 5) is 28.0. The van der Waals surface area contributed by atoms with E-state index in [2.05, 4.69) is 19.2 Å². The number of hydrogen-bond donors (Lipinski definition) is 1. The summed E-state index contributed by atoms with van der Waals surface area (Å²) in [6.45, 7) is 7.54. The molecule has 1 saturated heterocycles. The van der Waals surface area contributed by atoms with Crippen molar-refractivity contribution < 1.29 is 19.1 Å². The third-order valence-corrected chi connectivity index (χ3v) is 5.77. The van der Waals surface area contributed by atoms with Gasteiger partial charge in [-0.25, -0.2) is 0 Å². The molecule has 0 radical (unpaired) electrons. The number of nitrogens with one attached hydrogen (secondary N) is 1.